The summed E-state index contributed by atoms with van der Waals surface area (Å²) in [6.45, 7) is 4.56. The van der Waals surface area contributed by atoms with Crippen molar-refractivity contribution in [2.75, 3.05) is 0 Å². The van der Waals surface area contributed by atoms with Crippen LogP contribution in [0.1, 0.15) is 25.1 Å². The summed E-state index contributed by atoms with van der Waals surface area (Å²) in [4.78, 5) is 10.6. The Morgan fingerprint density at radius 1 is 0.453 bits per heavy atom. The molecule has 53 heavy (non-hydrogen) atoms. The van der Waals surface area contributed by atoms with E-state index in [0.717, 1.165) is 45.3 Å². The van der Waals surface area contributed by atoms with Gasteiger partial charge in [0.15, 0.2) is 5.82 Å². The lowest BCUT2D eigenvalue weighted by Gasteiger charge is -2.21. The summed E-state index contributed by atoms with van der Waals surface area (Å²) in [7, 11) is 0. The highest BCUT2D eigenvalue weighted by Crippen LogP contribution is 2.51. The van der Waals surface area contributed by atoms with E-state index in [1.54, 1.807) is 0 Å². The van der Waals surface area contributed by atoms with E-state index in [1.807, 2.05) is 6.07 Å². The molecule has 0 unspecified atom stereocenters. The van der Waals surface area contributed by atoms with Crippen LogP contribution in [0, 0.1) is 0 Å². The molecule has 0 atom stereocenters. The standard InChI is InChI=1S/C49H34N4/c1-49(2)39-22-12-9-20-37(39)44-45(50-48(51-47(44)49)32-15-5-3-6-16-32)31-25-27-34(28-26-31)53-40-23-13-10-19-35(40)36-29-30-42-43(46(36)53)38-21-11-14-24-41(38)52(42)33-17-7-4-8-18-33/h3-30H,1-2H3. The lowest BCUT2D eigenvalue weighted by atomic mass is 9.85. The first-order valence-electron chi connectivity index (χ1n) is 18.3. The van der Waals surface area contributed by atoms with Crippen molar-refractivity contribution in [3.8, 4) is 45.1 Å². The highest BCUT2D eigenvalue weighted by atomic mass is 15.0. The van der Waals surface area contributed by atoms with Crippen molar-refractivity contribution in [3.63, 3.8) is 0 Å². The number of benzene rings is 7. The molecule has 0 bridgehead atoms. The van der Waals surface area contributed by atoms with Gasteiger partial charge in [0.1, 0.15) is 0 Å². The van der Waals surface area contributed by atoms with Crippen molar-refractivity contribution in [1.29, 1.82) is 0 Å². The Hall–Kier alpha value is -6.78. The van der Waals surface area contributed by atoms with Crippen LogP contribution in [0.2, 0.25) is 0 Å². The zero-order chi connectivity index (χ0) is 35.3. The molecule has 0 N–H and O–H groups in total. The number of para-hydroxylation sites is 3. The minimum atomic E-state index is -0.250. The van der Waals surface area contributed by atoms with Gasteiger partial charge in [-0.2, -0.15) is 0 Å². The summed E-state index contributed by atoms with van der Waals surface area (Å²) in [5.41, 5.74) is 14.6. The van der Waals surface area contributed by atoms with Crippen molar-refractivity contribution in [1.82, 2.24) is 19.1 Å². The molecule has 0 saturated carbocycles. The fourth-order valence-corrected chi connectivity index (χ4v) is 8.87. The van der Waals surface area contributed by atoms with Gasteiger partial charge in [-0.05, 0) is 53.6 Å². The normalized spacial score (nSPS) is 13.2. The molecule has 0 spiro atoms. The molecular weight excluding hydrogens is 645 g/mol. The molecule has 3 aromatic heterocycles. The average Bonchev–Trinajstić information content (AvgIpc) is 3.82. The molecule has 10 aromatic rings. The minimum absolute atomic E-state index is 0.250. The van der Waals surface area contributed by atoms with Gasteiger partial charge in [-0.1, -0.05) is 141 Å². The summed E-state index contributed by atoms with van der Waals surface area (Å²) in [5.74, 6) is 0.754. The van der Waals surface area contributed by atoms with E-state index in [0.29, 0.717) is 0 Å². The van der Waals surface area contributed by atoms with Crippen LogP contribution in [0.5, 0.6) is 0 Å². The predicted octanol–water partition coefficient (Wildman–Crippen LogP) is 12.3. The lowest BCUT2D eigenvalue weighted by Crippen LogP contribution is -2.17. The number of aromatic nitrogens is 4. The first-order valence-corrected chi connectivity index (χ1v) is 18.3. The van der Waals surface area contributed by atoms with Crippen LogP contribution < -0.4 is 0 Å². The number of hydrogen-bond acceptors (Lipinski definition) is 2. The SMILES string of the molecule is CC1(C)c2ccccc2-c2c(-c3ccc(-n4c5ccccc5c5ccc6c(c7ccccc7n6-c6ccccc6)c54)cc3)nc(-c3ccccc3)nc21. The third kappa shape index (κ3) is 4.24. The van der Waals surface area contributed by atoms with Crippen LogP contribution in [-0.4, -0.2) is 19.1 Å². The molecule has 11 rings (SSSR count). The largest absolute Gasteiger partial charge is 0.309 e. The molecule has 7 aromatic carbocycles. The number of fused-ring (bicyclic) bond motifs is 10. The van der Waals surface area contributed by atoms with E-state index in [1.165, 1.54) is 54.7 Å². The van der Waals surface area contributed by atoms with E-state index >= 15 is 0 Å². The third-order valence-electron chi connectivity index (χ3n) is 11.3. The molecular formula is C49H34N4. The van der Waals surface area contributed by atoms with E-state index in [9.17, 15) is 0 Å². The minimum Gasteiger partial charge on any atom is -0.309 e. The van der Waals surface area contributed by atoms with Crippen molar-refractivity contribution in [2.45, 2.75) is 19.3 Å². The van der Waals surface area contributed by atoms with Gasteiger partial charge in [-0.3, -0.25) is 0 Å². The Morgan fingerprint density at radius 3 is 1.85 bits per heavy atom. The second kappa shape index (κ2) is 11.1. The molecule has 0 fully saturated rings. The van der Waals surface area contributed by atoms with Gasteiger partial charge in [0.2, 0.25) is 0 Å². The van der Waals surface area contributed by atoms with Gasteiger partial charge in [0.05, 0.1) is 33.5 Å². The van der Waals surface area contributed by atoms with Crippen molar-refractivity contribution in [3.05, 3.63) is 181 Å². The fourth-order valence-electron chi connectivity index (χ4n) is 8.87. The van der Waals surface area contributed by atoms with Crippen molar-refractivity contribution >= 4 is 43.6 Å². The molecule has 0 aliphatic heterocycles. The maximum absolute atomic E-state index is 5.33. The summed E-state index contributed by atoms with van der Waals surface area (Å²) in [6.07, 6.45) is 0. The van der Waals surface area contributed by atoms with Gasteiger partial charge in [0.25, 0.3) is 0 Å². The molecule has 0 radical (unpaired) electrons. The van der Waals surface area contributed by atoms with Crippen LogP contribution in [0.15, 0.2) is 170 Å². The van der Waals surface area contributed by atoms with E-state index < -0.39 is 0 Å². The maximum Gasteiger partial charge on any atom is 0.160 e. The summed E-state index contributed by atoms with van der Waals surface area (Å²) in [5, 5.41) is 4.98. The van der Waals surface area contributed by atoms with Crippen LogP contribution in [0.3, 0.4) is 0 Å². The lowest BCUT2D eigenvalue weighted by molar-refractivity contribution is 0.636. The Bertz CT molecular complexity index is 3060. The molecule has 3 heterocycles. The maximum atomic E-state index is 5.33. The quantitative estimate of drug-likeness (QED) is 0.186. The fraction of sp³-hybridized carbons (Fsp3) is 0.0612. The number of nitrogens with zero attached hydrogens (tertiary/aromatic N) is 4. The van der Waals surface area contributed by atoms with Crippen LogP contribution in [0.25, 0.3) is 88.8 Å². The first kappa shape index (κ1) is 29.9. The summed E-state index contributed by atoms with van der Waals surface area (Å²) < 4.78 is 4.85. The Balaban J connectivity index is 1.17. The highest BCUT2D eigenvalue weighted by molar-refractivity contribution is 6.26. The molecule has 4 heteroatoms. The van der Waals surface area contributed by atoms with Crippen molar-refractivity contribution in [2.24, 2.45) is 0 Å². The van der Waals surface area contributed by atoms with E-state index in [2.05, 4.69) is 187 Å². The zero-order valence-electron chi connectivity index (χ0n) is 29.5. The van der Waals surface area contributed by atoms with Gasteiger partial charge in [0, 0.05) is 55.0 Å². The Labute approximate surface area is 307 Å². The monoisotopic (exact) mass is 678 g/mol. The summed E-state index contributed by atoms with van der Waals surface area (Å²) >= 11 is 0. The van der Waals surface area contributed by atoms with Gasteiger partial charge in [-0.15, -0.1) is 0 Å². The van der Waals surface area contributed by atoms with E-state index in [4.69, 9.17) is 9.97 Å². The first-order chi connectivity index (χ1) is 26.1. The Morgan fingerprint density at radius 2 is 1.08 bits per heavy atom. The van der Waals surface area contributed by atoms with Crippen molar-refractivity contribution < 1.29 is 0 Å². The topological polar surface area (TPSA) is 35.6 Å². The highest BCUT2D eigenvalue weighted by Gasteiger charge is 2.39. The number of hydrogen-bond donors (Lipinski definition) is 0. The predicted molar refractivity (Wildman–Crippen MR) is 219 cm³/mol. The molecule has 4 nitrogen and oxygen atoms in total. The smallest absolute Gasteiger partial charge is 0.160 e. The van der Waals surface area contributed by atoms with Crippen LogP contribution in [-0.2, 0) is 5.41 Å². The second-order valence-corrected chi connectivity index (χ2v) is 14.6. The number of rotatable bonds is 4. The molecule has 1 aliphatic rings. The summed E-state index contributed by atoms with van der Waals surface area (Å²) in [6, 6.07) is 60.9. The average molecular weight is 679 g/mol. The van der Waals surface area contributed by atoms with E-state index in [-0.39, 0.29) is 5.41 Å². The van der Waals surface area contributed by atoms with Crippen LogP contribution in [0.4, 0.5) is 0 Å². The Kier molecular flexibility index (Phi) is 6.27. The molecule has 0 amide bonds. The zero-order valence-corrected chi connectivity index (χ0v) is 29.5. The third-order valence-corrected chi connectivity index (χ3v) is 11.3. The molecule has 250 valence electrons. The van der Waals surface area contributed by atoms with Crippen LogP contribution >= 0.6 is 0 Å². The van der Waals surface area contributed by atoms with Gasteiger partial charge in [-0.25, -0.2) is 9.97 Å². The van der Waals surface area contributed by atoms with Gasteiger partial charge >= 0.3 is 0 Å². The molecule has 1 aliphatic carbocycles. The van der Waals surface area contributed by atoms with Gasteiger partial charge < -0.3 is 9.13 Å². The molecule has 0 saturated heterocycles. The second-order valence-electron chi connectivity index (χ2n) is 14.6.